The molecule has 20 heavy (non-hydrogen) atoms. The summed E-state index contributed by atoms with van der Waals surface area (Å²) in [5, 5.41) is 0. The molecule has 3 rings (SSSR count). The molecule has 2 aliphatic heterocycles. The predicted molar refractivity (Wildman–Crippen MR) is 66.7 cm³/mol. The van der Waals surface area contributed by atoms with Crippen molar-refractivity contribution in [2.75, 3.05) is 26.4 Å². The van der Waals surface area contributed by atoms with Gasteiger partial charge in [-0.05, 0) is 6.42 Å². The molecule has 3 aliphatic rings. The van der Waals surface area contributed by atoms with Crippen LogP contribution in [0.1, 0.15) is 6.42 Å². The van der Waals surface area contributed by atoms with E-state index in [4.69, 9.17) is 18.9 Å². The molecule has 0 N–H and O–H groups in total. The van der Waals surface area contributed by atoms with Gasteiger partial charge in [0.05, 0.1) is 24.7 Å². The lowest BCUT2D eigenvalue weighted by Crippen LogP contribution is -2.21. The Morgan fingerprint density at radius 3 is 2.45 bits per heavy atom. The van der Waals surface area contributed by atoms with E-state index in [0.717, 1.165) is 0 Å². The van der Waals surface area contributed by atoms with Gasteiger partial charge in [-0.3, -0.25) is 4.79 Å². The van der Waals surface area contributed by atoms with Crippen LogP contribution in [0.25, 0.3) is 0 Å². The van der Waals surface area contributed by atoms with Gasteiger partial charge in [0.2, 0.25) is 0 Å². The average molecular weight is 280 g/mol. The van der Waals surface area contributed by atoms with E-state index in [0.29, 0.717) is 25.2 Å². The number of ether oxygens (including phenoxy) is 4. The molecular weight excluding hydrogens is 264 g/mol. The topological polar surface area (TPSA) is 77.7 Å². The van der Waals surface area contributed by atoms with Crippen LogP contribution in [0.2, 0.25) is 0 Å². The standard InChI is InChI=1S/C14H16O6/c15-13(19-7-11-5-17-11)9-2-1-3-10(4-9)14(16)20-8-12-6-18-12/h1-2,4,10-12H,3,5-8H2. The summed E-state index contributed by atoms with van der Waals surface area (Å²) in [4.78, 5) is 23.7. The van der Waals surface area contributed by atoms with Gasteiger partial charge in [0.1, 0.15) is 25.4 Å². The molecule has 2 fully saturated rings. The largest absolute Gasteiger partial charge is 0.462 e. The maximum atomic E-state index is 11.8. The Labute approximate surface area is 116 Å². The minimum absolute atomic E-state index is 0.0337. The zero-order valence-electron chi connectivity index (χ0n) is 10.9. The van der Waals surface area contributed by atoms with E-state index in [-0.39, 0.29) is 31.4 Å². The predicted octanol–water partition coefficient (Wildman–Crippen LogP) is 0.373. The number of esters is 2. The highest BCUT2D eigenvalue weighted by Gasteiger charge is 2.28. The zero-order chi connectivity index (χ0) is 13.9. The highest BCUT2D eigenvalue weighted by molar-refractivity contribution is 5.93. The van der Waals surface area contributed by atoms with Crippen LogP contribution >= 0.6 is 0 Å². The Bertz CT molecular complexity index is 458. The normalized spacial score (nSPS) is 30.4. The molecule has 3 atom stereocenters. The summed E-state index contributed by atoms with van der Waals surface area (Å²) in [6.45, 7) is 1.83. The third-order valence-corrected chi connectivity index (χ3v) is 3.22. The van der Waals surface area contributed by atoms with Crippen molar-refractivity contribution in [3.8, 4) is 0 Å². The minimum Gasteiger partial charge on any atom is -0.462 e. The second kappa shape index (κ2) is 5.76. The molecule has 0 radical (unpaired) electrons. The SMILES string of the molecule is O=C(OCC1CO1)C1=CC(C(=O)OCC2CO2)CC=C1. The molecule has 0 saturated carbocycles. The van der Waals surface area contributed by atoms with Crippen LogP contribution in [-0.4, -0.2) is 50.6 Å². The van der Waals surface area contributed by atoms with Crippen molar-refractivity contribution >= 4 is 11.9 Å². The summed E-state index contributed by atoms with van der Waals surface area (Å²) in [7, 11) is 0. The van der Waals surface area contributed by atoms with Gasteiger partial charge < -0.3 is 18.9 Å². The maximum absolute atomic E-state index is 11.8. The van der Waals surface area contributed by atoms with E-state index in [1.54, 1.807) is 18.2 Å². The lowest BCUT2D eigenvalue weighted by molar-refractivity contribution is -0.147. The Hall–Kier alpha value is -1.66. The molecule has 2 saturated heterocycles. The van der Waals surface area contributed by atoms with Gasteiger partial charge in [0, 0.05) is 0 Å². The second-order valence-electron chi connectivity index (χ2n) is 5.01. The summed E-state index contributed by atoms with van der Waals surface area (Å²) >= 11 is 0. The number of allylic oxidation sites excluding steroid dienone is 1. The van der Waals surface area contributed by atoms with E-state index in [2.05, 4.69) is 0 Å². The first-order valence-electron chi connectivity index (χ1n) is 6.67. The van der Waals surface area contributed by atoms with E-state index < -0.39 is 11.9 Å². The van der Waals surface area contributed by atoms with E-state index in [1.807, 2.05) is 0 Å². The van der Waals surface area contributed by atoms with Gasteiger partial charge in [0.15, 0.2) is 0 Å². The van der Waals surface area contributed by atoms with Crippen molar-refractivity contribution in [1.82, 2.24) is 0 Å². The fraction of sp³-hybridized carbons (Fsp3) is 0.571. The number of hydrogen-bond acceptors (Lipinski definition) is 6. The molecule has 2 heterocycles. The summed E-state index contributed by atoms with van der Waals surface area (Å²) in [5.41, 5.74) is 0.390. The molecular formula is C14H16O6. The van der Waals surface area contributed by atoms with Gasteiger partial charge in [-0.2, -0.15) is 0 Å². The van der Waals surface area contributed by atoms with Gasteiger partial charge in [-0.1, -0.05) is 18.2 Å². The van der Waals surface area contributed by atoms with Crippen LogP contribution < -0.4 is 0 Å². The maximum Gasteiger partial charge on any atom is 0.337 e. The van der Waals surface area contributed by atoms with Crippen molar-refractivity contribution in [3.63, 3.8) is 0 Å². The van der Waals surface area contributed by atoms with Crippen LogP contribution in [0.4, 0.5) is 0 Å². The Kier molecular flexibility index (Phi) is 3.84. The molecule has 0 aromatic carbocycles. The highest BCUT2D eigenvalue weighted by atomic mass is 16.6. The summed E-state index contributed by atoms with van der Waals surface area (Å²) in [6.07, 6.45) is 5.67. The summed E-state index contributed by atoms with van der Waals surface area (Å²) in [5.74, 6) is -1.20. The Balaban J connectivity index is 1.51. The smallest absolute Gasteiger partial charge is 0.337 e. The molecule has 3 unspecified atom stereocenters. The van der Waals surface area contributed by atoms with Gasteiger partial charge >= 0.3 is 11.9 Å². The Morgan fingerprint density at radius 1 is 1.15 bits per heavy atom. The fourth-order valence-electron chi connectivity index (χ4n) is 1.84. The fourth-order valence-corrected chi connectivity index (χ4v) is 1.84. The molecule has 0 bridgehead atoms. The number of epoxide rings is 2. The van der Waals surface area contributed by atoms with Crippen LogP contribution in [0, 0.1) is 5.92 Å². The molecule has 0 aromatic heterocycles. The highest BCUT2D eigenvalue weighted by Crippen LogP contribution is 2.20. The van der Waals surface area contributed by atoms with Gasteiger partial charge in [-0.15, -0.1) is 0 Å². The molecule has 108 valence electrons. The second-order valence-corrected chi connectivity index (χ2v) is 5.01. The third kappa shape index (κ3) is 3.68. The van der Waals surface area contributed by atoms with E-state index >= 15 is 0 Å². The van der Waals surface area contributed by atoms with Crippen LogP contribution in [-0.2, 0) is 28.5 Å². The monoisotopic (exact) mass is 280 g/mol. The molecule has 6 nitrogen and oxygen atoms in total. The Morgan fingerprint density at radius 2 is 1.80 bits per heavy atom. The molecule has 0 amide bonds. The molecule has 6 heteroatoms. The number of hydrogen-bond donors (Lipinski definition) is 0. The lowest BCUT2D eigenvalue weighted by atomic mass is 9.96. The average Bonchev–Trinajstić information content (AvgIpc) is 3.36. The lowest BCUT2D eigenvalue weighted by Gasteiger charge is -2.15. The quantitative estimate of drug-likeness (QED) is 0.517. The van der Waals surface area contributed by atoms with Crippen molar-refractivity contribution in [2.24, 2.45) is 5.92 Å². The number of rotatable bonds is 6. The first-order chi connectivity index (χ1) is 9.72. The van der Waals surface area contributed by atoms with E-state index in [9.17, 15) is 9.59 Å². The summed E-state index contributed by atoms with van der Waals surface area (Å²) in [6, 6.07) is 0. The molecule has 0 aromatic rings. The number of carbonyl (C=O) groups is 2. The van der Waals surface area contributed by atoms with Crippen LogP contribution in [0.3, 0.4) is 0 Å². The zero-order valence-corrected chi connectivity index (χ0v) is 10.9. The van der Waals surface area contributed by atoms with Crippen molar-refractivity contribution in [1.29, 1.82) is 0 Å². The third-order valence-electron chi connectivity index (χ3n) is 3.22. The molecule has 0 spiro atoms. The van der Waals surface area contributed by atoms with E-state index in [1.165, 1.54) is 0 Å². The summed E-state index contributed by atoms with van der Waals surface area (Å²) < 4.78 is 20.2. The van der Waals surface area contributed by atoms with Gasteiger partial charge in [-0.25, -0.2) is 4.79 Å². The van der Waals surface area contributed by atoms with Crippen molar-refractivity contribution < 1.29 is 28.5 Å². The van der Waals surface area contributed by atoms with Crippen molar-refractivity contribution in [3.05, 3.63) is 23.8 Å². The first-order valence-corrected chi connectivity index (χ1v) is 6.67. The number of carbonyl (C=O) groups excluding carboxylic acids is 2. The van der Waals surface area contributed by atoms with Crippen LogP contribution in [0.5, 0.6) is 0 Å². The van der Waals surface area contributed by atoms with Crippen LogP contribution in [0.15, 0.2) is 23.8 Å². The molecule has 1 aliphatic carbocycles. The van der Waals surface area contributed by atoms with Crippen molar-refractivity contribution in [2.45, 2.75) is 18.6 Å². The first kappa shape index (κ1) is 13.3. The van der Waals surface area contributed by atoms with Gasteiger partial charge in [0.25, 0.3) is 0 Å². The minimum atomic E-state index is -0.432.